The number of hydrogen-bond acceptors (Lipinski definition) is 4. The largest absolute Gasteiger partial charge is 0.389 e. The van der Waals surface area contributed by atoms with Gasteiger partial charge in [0.05, 0.1) is 23.2 Å². The van der Waals surface area contributed by atoms with Crippen molar-refractivity contribution in [2.24, 2.45) is 5.73 Å². The number of aryl methyl sites for hydroxylation is 1. The molecule has 2 atom stereocenters. The second-order valence-electron chi connectivity index (χ2n) is 7.99. The lowest BCUT2D eigenvalue weighted by Crippen LogP contribution is -2.29. The second kappa shape index (κ2) is 7.55. The van der Waals surface area contributed by atoms with Crippen LogP contribution in [0.5, 0.6) is 0 Å². The molecule has 0 saturated carbocycles. The third-order valence-electron chi connectivity index (χ3n) is 5.99. The van der Waals surface area contributed by atoms with Gasteiger partial charge in [-0.05, 0) is 36.4 Å². The Labute approximate surface area is 178 Å². The molecule has 0 bridgehead atoms. The number of hydrogen-bond donors (Lipinski definition) is 3. The molecule has 5 rings (SSSR count). The van der Waals surface area contributed by atoms with Crippen molar-refractivity contribution in [2.75, 3.05) is 13.1 Å². The zero-order valence-electron chi connectivity index (χ0n) is 16.9. The van der Waals surface area contributed by atoms with Crippen LogP contribution in [0.15, 0.2) is 54.7 Å². The van der Waals surface area contributed by atoms with E-state index in [0.717, 1.165) is 27.8 Å². The van der Waals surface area contributed by atoms with Crippen LogP contribution in [0.4, 0.5) is 0 Å². The molecule has 4 N–H and O–H groups in total. The predicted octanol–water partition coefficient (Wildman–Crippen LogP) is 1.99. The summed E-state index contributed by atoms with van der Waals surface area (Å²) in [5.41, 5.74) is 8.55. The van der Waals surface area contributed by atoms with Gasteiger partial charge in [-0.2, -0.15) is 0 Å². The molecule has 0 aliphatic carbocycles. The molecule has 31 heavy (non-hydrogen) atoms. The number of aliphatic hydroxyl groups is 1. The highest BCUT2D eigenvalue weighted by atomic mass is 16.3. The Morgan fingerprint density at radius 3 is 2.81 bits per heavy atom. The summed E-state index contributed by atoms with van der Waals surface area (Å²) in [6, 6.07) is 14.7. The molecule has 3 heterocycles. The van der Waals surface area contributed by atoms with Crippen molar-refractivity contribution in [3.63, 3.8) is 0 Å². The van der Waals surface area contributed by atoms with Gasteiger partial charge >= 0.3 is 0 Å². The number of primary amides is 1. The van der Waals surface area contributed by atoms with Gasteiger partial charge in [-0.3, -0.25) is 9.59 Å². The van der Waals surface area contributed by atoms with Crippen LogP contribution < -0.4 is 5.73 Å². The van der Waals surface area contributed by atoms with Crippen LogP contribution in [-0.2, 0) is 11.2 Å². The van der Waals surface area contributed by atoms with E-state index in [2.05, 4.69) is 9.97 Å². The molecule has 1 aliphatic rings. The smallest absolute Gasteiger partial charge is 0.248 e. The van der Waals surface area contributed by atoms with E-state index in [9.17, 15) is 14.7 Å². The van der Waals surface area contributed by atoms with Gasteiger partial charge in [-0.15, -0.1) is 0 Å². The maximum atomic E-state index is 12.8. The predicted molar refractivity (Wildman–Crippen MR) is 116 cm³/mol. The number of β-amino-alcohol motifs (C(OH)–C–C–N with tert-alkyl or cyclic N) is 1. The minimum absolute atomic E-state index is 0.00511. The highest BCUT2D eigenvalue weighted by molar-refractivity contribution is 5.97. The van der Waals surface area contributed by atoms with E-state index in [1.807, 2.05) is 47.2 Å². The van der Waals surface area contributed by atoms with Crippen molar-refractivity contribution in [2.45, 2.75) is 25.0 Å². The average Bonchev–Trinajstić information content (AvgIpc) is 3.47. The van der Waals surface area contributed by atoms with E-state index >= 15 is 0 Å². The molecule has 1 fully saturated rings. The SMILES string of the molecule is NC(=O)c1ccc2c(ccn2[C@@H]2CN(C(=O)CCc3nc4ccccc4[nH]3)C[C@H]2O)c1. The summed E-state index contributed by atoms with van der Waals surface area (Å²) in [6.07, 6.45) is 2.06. The lowest BCUT2D eigenvalue weighted by molar-refractivity contribution is -0.130. The van der Waals surface area contributed by atoms with Crippen LogP contribution in [0.25, 0.3) is 21.9 Å². The summed E-state index contributed by atoms with van der Waals surface area (Å²) in [4.78, 5) is 33.7. The maximum Gasteiger partial charge on any atom is 0.248 e. The maximum absolute atomic E-state index is 12.8. The van der Waals surface area contributed by atoms with Gasteiger partial charge in [-0.1, -0.05) is 12.1 Å². The summed E-state index contributed by atoms with van der Waals surface area (Å²) in [5.74, 6) is 0.304. The fourth-order valence-electron chi connectivity index (χ4n) is 4.36. The summed E-state index contributed by atoms with van der Waals surface area (Å²) < 4.78 is 1.97. The molecular formula is C23H23N5O3. The van der Waals surface area contributed by atoms with Crippen LogP contribution in [0.1, 0.15) is 28.6 Å². The van der Waals surface area contributed by atoms with Crippen LogP contribution in [0.3, 0.4) is 0 Å². The number of aromatic nitrogens is 3. The number of nitrogens with two attached hydrogens (primary N) is 1. The van der Waals surface area contributed by atoms with E-state index in [-0.39, 0.29) is 11.9 Å². The molecule has 158 valence electrons. The Morgan fingerprint density at radius 1 is 1.16 bits per heavy atom. The summed E-state index contributed by atoms with van der Waals surface area (Å²) in [5, 5.41) is 11.5. The zero-order valence-corrected chi connectivity index (χ0v) is 16.9. The van der Waals surface area contributed by atoms with E-state index in [1.54, 1.807) is 17.0 Å². The van der Waals surface area contributed by atoms with Gasteiger partial charge < -0.3 is 25.3 Å². The molecule has 8 nitrogen and oxygen atoms in total. The number of H-pyrrole nitrogens is 1. The summed E-state index contributed by atoms with van der Waals surface area (Å²) in [7, 11) is 0. The lowest BCUT2D eigenvalue weighted by Gasteiger charge is -2.18. The normalized spacial score (nSPS) is 18.8. The number of amides is 2. The lowest BCUT2D eigenvalue weighted by atomic mass is 10.1. The number of aromatic amines is 1. The number of carbonyl (C=O) groups is 2. The van der Waals surface area contributed by atoms with Crippen LogP contribution in [0.2, 0.25) is 0 Å². The van der Waals surface area contributed by atoms with Crippen LogP contribution in [0, 0.1) is 0 Å². The Morgan fingerprint density at radius 2 is 2.00 bits per heavy atom. The fourth-order valence-corrected chi connectivity index (χ4v) is 4.36. The molecule has 0 unspecified atom stereocenters. The van der Waals surface area contributed by atoms with Gasteiger partial charge in [0.15, 0.2) is 0 Å². The number of carbonyl (C=O) groups excluding carboxylic acids is 2. The molecule has 8 heteroatoms. The minimum Gasteiger partial charge on any atom is -0.389 e. The Balaban J connectivity index is 1.28. The monoisotopic (exact) mass is 417 g/mol. The van der Waals surface area contributed by atoms with Crippen LogP contribution >= 0.6 is 0 Å². The van der Waals surface area contributed by atoms with Crippen molar-refractivity contribution in [1.82, 2.24) is 19.4 Å². The first-order valence-electron chi connectivity index (χ1n) is 10.3. The van der Waals surface area contributed by atoms with Gasteiger partial charge in [0.1, 0.15) is 5.82 Å². The van der Waals surface area contributed by atoms with Crippen LogP contribution in [-0.4, -0.2) is 55.5 Å². The number of rotatable bonds is 5. The van der Waals surface area contributed by atoms with Crippen molar-refractivity contribution in [1.29, 1.82) is 0 Å². The molecular weight excluding hydrogens is 394 g/mol. The third kappa shape index (κ3) is 3.55. The number of nitrogens with zero attached hydrogens (tertiary/aromatic N) is 3. The fraction of sp³-hybridized carbons (Fsp3) is 0.261. The quantitative estimate of drug-likeness (QED) is 0.460. The first-order chi connectivity index (χ1) is 15.0. The highest BCUT2D eigenvalue weighted by Crippen LogP contribution is 2.28. The number of imidazole rings is 1. The molecule has 2 aromatic heterocycles. The van der Waals surface area contributed by atoms with Gasteiger partial charge in [0.2, 0.25) is 11.8 Å². The number of nitrogens with one attached hydrogen (secondary N) is 1. The molecule has 2 aromatic carbocycles. The van der Waals surface area contributed by atoms with E-state index < -0.39 is 12.0 Å². The standard InChI is InChI=1S/C23H23N5O3/c24-23(31)15-5-6-18-14(11-15)9-10-28(18)19-12-27(13-20(19)29)22(30)8-7-21-25-16-3-1-2-4-17(16)26-21/h1-6,9-11,19-20,29H,7-8,12-13H2,(H2,24,31)(H,25,26)/t19-,20-/m1/s1. The number of aliphatic hydroxyl groups excluding tert-OH is 1. The number of benzene rings is 2. The van der Waals surface area contributed by atoms with E-state index in [4.69, 9.17) is 5.73 Å². The Hall–Kier alpha value is -3.65. The minimum atomic E-state index is -0.665. The zero-order chi connectivity index (χ0) is 21.5. The van der Waals surface area contributed by atoms with E-state index in [1.165, 1.54) is 0 Å². The van der Waals surface area contributed by atoms with Crippen molar-refractivity contribution in [3.8, 4) is 0 Å². The summed E-state index contributed by atoms with van der Waals surface area (Å²) >= 11 is 0. The van der Waals surface area contributed by atoms with Crippen molar-refractivity contribution in [3.05, 3.63) is 66.1 Å². The number of likely N-dealkylation sites (tertiary alicyclic amines) is 1. The summed E-state index contributed by atoms with van der Waals surface area (Å²) in [6.45, 7) is 0.726. The van der Waals surface area contributed by atoms with Gasteiger partial charge in [0.25, 0.3) is 0 Å². The van der Waals surface area contributed by atoms with Crippen molar-refractivity contribution >= 4 is 33.8 Å². The van der Waals surface area contributed by atoms with E-state index in [0.29, 0.717) is 31.5 Å². The molecule has 4 aromatic rings. The molecule has 1 aliphatic heterocycles. The first kappa shape index (κ1) is 19.3. The Kier molecular flexibility index (Phi) is 4.71. The molecule has 2 amide bonds. The number of para-hydroxylation sites is 2. The highest BCUT2D eigenvalue weighted by Gasteiger charge is 2.35. The molecule has 0 radical (unpaired) electrons. The topological polar surface area (TPSA) is 117 Å². The van der Waals surface area contributed by atoms with Gasteiger partial charge in [-0.25, -0.2) is 4.98 Å². The second-order valence-corrected chi connectivity index (χ2v) is 7.99. The molecule has 0 spiro atoms. The Bertz CT molecular complexity index is 1260. The van der Waals surface area contributed by atoms with Crippen molar-refractivity contribution < 1.29 is 14.7 Å². The third-order valence-corrected chi connectivity index (χ3v) is 5.99. The molecule has 1 saturated heterocycles. The first-order valence-corrected chi connectivity index (χ1v) is 10.3. The number of fused-ring (bicyclic) bond motifs is 2. The average molecular weight is 417 g/mol. The van der Waals surface area contributed by atoms with Gasteiger partial charge in [0, 0.05) is 48.6 Å².